The van der Waals surface area contributed by atoms with Gasteiger partial charge in [0.05, 0.1) is 0 Å². The first-order valence-electron chi connectivity index (χ1n) is 4.48. The van der Waals surface area contributed by atoms with E-state index in [0.717, 1.165) is 26.3 Å². The Morgan fingerprint density at radius 3 is 2.13 bits per heavy atom. The molecule has 0 saturated heterocycles. The van der Waals surface area contributed by atoms with Crippen molar-refractivity contribution in [2.75, 3.05) is 5.73 Å². The summed E-state index contributed by atoms with van der Waals surface area (Å²) in [5, 5.41) is 0.744. The highest BCUT2D eigenvalue weighted by atomic mass is 79.9. The molecular formula is C12H9BrClN. The largest absolute Gasteiger partial charge is 0.398 e. The number of anilines is 1. The average Bonchev–Trinajstić information content (AvgIpc) is 2.23. The van der Waals surface area contributed by atoms with Crippen molar-refractivity contribution >= 4 is 33.2 Å². The summed E-state index contributed by atoms with van der Waals surface area (Å²) in [6.45, 7) is 0. The Kier molecular flexibility index (Phi) is 2.98. The van der Waals surface area contributed by atoms with Gasteiger partial charge in [0.2, 0.25) is 0 Å². The van der Waals surface area contributed by atoms with Crippen molar-refractivity contribution in [1.82, 2.24) is 0 Å². The number of halogens is 2. The van der Waals surface area contributed by atoms with Gasteiger partial charge in [0.1, 0.15) is 0 Å². The van der Waals surface area contributed by atoms with E-state index in [1.165, 1.54) is 0 Å². The normalized spacial score (nSPS) is 10.3. The van der Waals surface area contributed by atoms with Crippen LogP contribution in [0.5, 0.6) is 0 Å². The first-order valence-corrected chi connectivity index (χ1v) is 5.65. The molecule has 0 saturated carbocycles. The van der Waals surface area contributed by atoms with E-state index < -0.39 is 0 Å². The number of nitrogen functional groups attached to an aromatic ring is 1. The molecule has 2 aromatic carbocycles. The van der Waals surface area contributed by atoms with Crippen LogP contribution in [0.25, 0.3) is 11.1 Å². The van der Waals surface area contributed by atoms with Crippen LogP contribution in [0.2, 0.25) is 5.02 Å². The second-order valence-corrected chi connectivity index (χ2v) is 4.53. The molecule has 0 heterocycles. The fourth-order valence-corrected chi connectivity index (χ4v) is 1.85. The molecule has 2 aromatic rings. The summed E-state index contributed by atoms with van der Waals surface area (Å²) in [6, 6.07) is 13.6. The SMILES string of the molecule is Nc1ccc(-c2ccc(Cl)cc2)cc1Br. The summed E-state index contributed by atoms with van der Waals surface area (Å²) < 4.78 is 0.912. The molecule has 0 aromatic heterocycles. The van der Waals surface area contributed by atoms with Crippen LogP contribution >= 0.6 is 27.5 Å². The summed E-state index contributed by atoms with van der Waals surface area (Å²) in [6.07, 6.45) is 0. The zero-order valence-corrected chi connectivity index (χ0v) is 10.2. The zero-order chi connectivity index (χ0) is 10.8. The maximum absolute atomic E-state index is 5.83. The van der Waals surface area contributed by atoms with E-state index in [2.05, 4.69) is 15.9 Å². The van der Waals surface area contributed by atoms with E-state index >= 15 is 0 Å². The van der Waals surface area contributed by atoms with E-state index in [9.17, 15) is 0 Å². The molecule has 0 fully saturated rings. The van der Waals surface area contributed by atoms with Crippen molar-refractivity contribution in [3.8, 4) is 11.1 Å². The molecule has 0 aliphatic carbocycles. The van der Waals surface area contributed by atoms with Crippen LogP contribution in [-0.2, 0) is 0 Å². The molecule has 3 heteroatoms. The predicted octanol–water partition coefficient (Wildman–Crippen LogP) is 4.35. The lowest BCUT2D eigenvalue weighted by Crippen LogP contribution is -1.86. The van der Waals surface area contributed by atoms with Crippen molar-refractivity contribution < 1.29 is 0 Å². The molecule has 0 radical (unpaired) electrons. The Balaban J connectivity index is 2.45. The summed E-state index contributed by atoms with van der Waals surface area (Å²) in [5.74, 6) is 0. The van der Waals surface area contributed by atoms with Crippen LogP contribution < -0.4 is 5.73 Å². The van der Waals surface area contributed by atoms with Gasteiger partial charge < -0.3 is 5.73 Å². The monoisotopic (exact) mass is 281 g/mol. The first-order chi connectivity index (χ1) is 7.16. The fourth-order valence-electron chi connectivity index (χ4n) is 1.35. The van der Waals surface area contributed by atoms with Crippen molar-refractivity contribution in [1.29, 1.82) is 0 Å². The Hall–Kier alpha value is -0.990. The van der Waals surface area contributed by atoms with E-state index in [1.54, 1.807) is 0 Å². The molecule has 0 bridgehead atoms. The van der Waals surface area contributed by atoms with Gasteiger partial charge in [0.25, 0.3) is 0 Å². The number of hydrogen-bond acceptors (Lipinski definition) is 1. The molecule has 15 heavy (non-hydrogen) atoms. The van der Waals surface area contributed by atoms with Gasteiger partial charge in [0, 0.05) is 15.2 Å². The van der Waals surface area contributed by atoms with Crippen LogP contribution in [0, 0.1) is 0 Å². The van der Waals surface area contributed by atoms with Crippen LogP contribution in [0.1, 0.15) is 0 Å². The van der Waals surface area contributed by atoms with Crippen LogP contribution in [0.3, 0.4) is 0 Å². The minimum Gasteiger partial charge on any atom is -0.398 e. The van der Waals surface area contributed by atoms with Crippen LogP contribution in [-0.4, -0.2) is 0 Å². The summed E-state index contributed by atoms with van der Waals surface area (Å²) in [7, 11) is 0. The third-order valence-electron chi connectivity index (χ3n) is 2.18. The smallest absolute Gasteiger partial charge is 0.0458 e. The van der Waals surface area contributed by atoms with E-state index in [1.807, 2.05) is 42.5 Å². The Morgan fingerprint density at radius 1 is 0.933 bits per heavy atom. The lowest BCUT2D eigenvalue weighted by Gasteiger charge is -2.04. The second-order valence-electron chi connectivity index (χ2n) is 3.24. The quantitative estimate of drug-likeness (QED) is 0.773. The number of hydrogen-bond donors (Lipinski definition) is 1. The Labute approximate surface area is 102 Å². The van der Waals surface area contributed by atoms with Crippen molar-refractivity contribution in [3.05, 3.63) is 52.0 Å². The lowest BCUT2D eigenvalue weighted by atomic mass is 10.1. The molecule has 0 atom stereocenters. The van der Waals surface area contributed by atoms with Crippen LogP contribution in [0.15, 0.2) is 46.9 Å². The van der Waals surface area contributed by atoms with Crippen LogP contribution in [0.4, 0.5) is 5.69 Å². The minimum atomic E-state index is 0.743. The molecule has 0 spiro atoms. The molecule has 2 rings (SSSR count). The minimum absolute atomic E-state index is 0.743. The van der Waals surface area contributed by atoms with Gasteiger partial charge in [-0.25, -0.2) is 0 Å². The zero-order valence-electron chi connectivity index (χ0n) is 7.87. The summed E-state index contributed by atoms with van der Waals surface area (Å²) >= 11 is 9.23. The van der Waals surface area contributed by atoms with Gasteiger partial charge in [-0.05, 0) is 51.3 Å². The van der Waals surface area contributed by atoms with Gasteiger partial charge in [-0.2, -0.15) is 0 Å². The Bertz CT molecular complexity index is 479. The highest BCUT2D eigenvalue weighted by Gasteiger charge is 2.00. The molecule has 76 valence electrons. The maximum Gasteiger partial charge on any atom is 0.0458 e. The third-order valence-corrected chi connectivity index (χ3v) is 3.12. The van der Waals surface area contributed by atoms with Gasteiger partial charge in [-0.1, -0.05) is 29.8 Å². The molecular weight excluding hydrogens is 273 g/mol. The molecule has 0 aliphatic rings. The van der Waals surface area contributed by atoms with Crippen molar-refractivity contribution in [2.24, 2.45) is 0 Å². The fraction of sp³-hybridized carbons (Fsp3) is 0. The van der Waals surface area contributed by atoms with Crippen molar-refractivity contribution in [2.45, 2.75) is 0 Å². The molecule has 0 unspecified atom stereocenters. The highest BCUT2D eigenvalue weighted by molar-refractivity contribution is 9.10. The topological polar surface area (TPSA) is 26.0 Å². The third kappa shape index (κ3) is 2.33. The molecule has 1 nitrogen and oxygen atoms in total. The first kappa shape index (κ1) is 10.5. The molecule has 0 aliphatic heterocycles. The maximum atomic E-state index is 5.83. The lowest BCUT2D eigenvalue weighted by molar-refractivity contribution is 1.58. The van der Waals surface area contributed by atoms with E-state index in [4.69, 9.17) is 17.3 Å². The second kappa shape index (κ2) is 4.25. The summed E-state index contributed by atoms with van der Waals surface area (Å²) in [5.41, 5.74) is 8.71. The Morgan fingerprint density at radius 2 is 1.53 bits per heavy atom. The number of nitrogens with two attached hydrogens (primary N) is 1. The van der Waals surface area contributed by atoms with Gasteiger partial charge in [-0.3, -0.25) is 0 Å². The molecule has 0 amide bonds. The highest BCUT2D eigenvalue weighted by Crippen LogP contribution is 2.27. The predicted molar refractivity (Wildman–Crippen MR) is 69.0 cm³/mol. The standard InChI is InChI=1S/C12H9BrClN/c13-11-7-9(3-6-12(11)15)8-1-4-10(14)5-2-8/h1-7H,15H2. The van der Waals surface area contributed by atoms with Gasteiger partial charge in [-0.15, -0.1) is 0 Å². The van der Waals surface area contributed by atoms with E-state index in [-0.39, 0.29) is 0 Å². The summed E-state index contributed by atoms with van der Waals surface area (Å²) in [4.78, 5) is 0. The number of benzene rings is 2. The molecule has 2 N–H and O–H groups in total. The van der Waals surface area contributed by atoms with E-state index in [0.29, 0.717) is 0 Å². The van der Waals surface area contributed by atoms with Crippen molar-refractivity contribution in [3.63, 3.8) is 0 Å². The number of rotatable bonds is 1. The van der Waals surface area contributed by atoms with Gasteiger partial charge >= 0.3 is 0 Å². The average molecular weight is 283 g/mol. The van der Waals surface area contributed by atoms with Gasteiger partial charge in [0.15, 0.2) is 0 Å².